The first-order chi connectivity index (χ1) is 9.45. The molecule has 20 heavy (non-hydrogen) atoms. The summed E-state index contributed by atoms with van der Waals surface area (Å²) in [5.41, 5.74) is -0.0999. The number of hydrogen-bond donors (Lipinski definition) is 3. The first-order valence-corrected chi connectivity index (χ1v) is 6.38. The van der Waals surface area contributed by atoms with Gasteiger partial charge in [-0.1, -0.05) is 19.1 Å². The fourth-order valence-electron chi connectivity index (χ4n) is 1.51. The van der Waals surface area contributed by atoms with Crippen molar-refractivity contribution < 1.29 is 19.1 Å². The number of amides is 2. The molecule has 110 valence electrons. The van der Waals surface area contributed by atoms with Crippen molar-refractivity contribution in [3.8, 4) is 0 Å². The summed E-state index contributed by atoms with van der Waals surface area (Å²) in [5.74, 6) is -1.74. The van der Waals surface area contributed by atoms with Gasteiger partial charge in [-0.15, -0.1) is 0 Å². The van der Waals surface area contributed by atoms with E-state index in [0.29, 0.717) is 0 Å². The van der Waals surface area contributed by atoms with Crippen molar-refractivity contribution in [1.82, 2.24) is 10.6 Å². The van der Waals surface area contributed by atoms with E-state index in [0.717, 1.165) is 0 Å². The first kappa shape index (κ1) is 16.1. The van der Waals surface area contributed by atoms with Crippen molar-refractivity contribution in [2.45, 2.75) is 19.9 Å². The summed E-state index contributed by atoms with van der Waals surface area (Å²) in [6.45, 7) is 3.28. The molecular weight excluding hydrogens is 263 g/mol. The van der Waals surface area contributed by atoms with E-state index in [9.17, 15) is 14.0 Å². The van der Waals surface area contributed by atoms with E-state index in [4.69, 9.17) is 5.11 Å². The second kappa shape index (κ2) is 7.59. The van der Waals surface area contributed by atoms with Crippen LogP contribution in [0.1, 0.15) is 24.2 Å². The highest BCUT2D eigenvalue weighted by Crippen LogP contribution is 2.05. The molecule has 0 saturated carbocycles. The average molecular weight is 282 g/mol. The van der Waals surface area contributed by atoms with Crippen LogP contribution in [0.3, 0.4) is 0 Å². The number of rotatable bonds is 6. The van der Waals surface area contributed by atoms with Crippen molar-refractivity contribution >= 4 is 11.8 Å². The Morgan fingerprint density at radius 2 is 1.95 bits per heavy atom. The predicted octanol–water partition coefficient (Wildman–Crippen LogP) is 0.689. The van der Waals surface area contributed by atoms with Crippen LogP contribution >= 0.6 is 0 Å². The number of benzene rings is 1. The van der Waals surface area contributed by atoms with Gasteiger partial charge in [0.15, 0.2) is 0 Å². The molecule has 2 unspecified atom stereocenters. The molecule has 0 fully saturated rings. The molecule has 0 bridgehead atoms. The minimum Gasteiger partial charge on any atom is -0.396 e. The van der Waals surface area contributed by atoms with E-state index in [1.165, 1.54) is 18.2 Å². The number of carbonyl (C=O) groups excluding carboxylic acids is 2. The molecule has 0 aliphatic rings. The third-order valence-electron chi connectivity index (χ3n) is 3.06. The maximum Gasteiger partial charge on any atom is 0.254 e. The normalized spacial score (nSPS) is 13.4. The maximum absolute atomic E-state index is 13.3. The van der Waals surface area contributed by atoms with Crippen molar-refractivity contribution in [2.75, 3.05) is 13.2 Å². The molecule has 5 nitrogen and oxygen atoms in total. The van der Waals surface area contributed by atoms with E-state index in [2.05, 4.69) is 10.6 Å². The number of carbonyl (C=O) groups is 2. The molecule has 0 aliphatic carbocycles. The van der Waals surface area contributed by atoms with Crippen molar-refractivity contribution in [3.63, 3.8) is 0 Å². The first-order valence-electron chi connectivity index (χ1n) is 6.38. The molecule has 0 spiro atoms. The topological polar surface area (TPSA) is 78.4 Å². The van der Waals surface area contributed by atoms with Gasteiger partial charge in [0.25, 0.3) is 5.91 Å². The van der Waals surface area contributed by atoms with E-state index in [-0.39, 0.29) is 36.6 Å². The number of aliphatic hydroxyl groups is 1. The van der Waals surface area contributed by atoms with Crippen molar-refractivity contribution in [1.29, 1.82) is 0 Å². The van der Waals surface area contributed by atoms with E-state index < -0.39 is 11.7 Å². The third kappa shape index (κ3) is 4.62. The van der Waals surface area contributed by atoms with Gasteiger partial charge < -0.3 is 15.7 Å². The Hall–Kier alpha value is -1.95. The van der Waals surface area contributed by atoms with Crippen LogP contribution in [0, 0.1) is 11.7 Å². The summed E-state index contributed by atoms with van der Waals surface area (Å²) in [5, 5.41) is 13.9. The van der Waals surface area contributed by atoms with Crippen molar-refractivity contribution in [3.05, 3.63) is 35.6 Å². The van der Waals surface area contributed by atoms with Gasteiger partial charge in [-0.25, -0.2) is 4.39 Å². The van der Waals surface area contributed by atoms with Crippen LogP contribution in [0.4, 0.5) is 4.39 Å². The Balaban J connectivity index is 2.45. The van der Waals surface area contributed by atoms with Gasteiger partial charge in [0, 0.05) is 12.6 Å². The molecule has 0 heterocycles. The standard InChI is InChI=1S/C14H19FN2O3/c1-9(8-18)10(2)17-13(19)7-16-14(20)11-5-3-4-6-12(11)15/h3-6,9-10,18H,7-8H2,1-2H3,(H,16,20)(H,17,19). The van der Waals surface area contributed by atoms with Crippen LogP contribution in [0.2, 0.25) is 0 Å². The van der Waals surface area contributed by atoms with Crippen LogP contribution in [0.25, 0.3) is 0 Å². The molecular formula is C14H19FN2O3. The quantitative estimate of drug-likeness (QED) is 0.718. The van der Waals surface area contributed by atoms with Gasteiger partial charge in [0.2, 0.25) is 5.91 Å². The van der Waals surface area contributed by atoms with Gasteiger partial charge in [0.05, 0.1) is 12.1 Å². The molecule has 1 rings (SSSR count). The Morgan fingerprint density at radius 3 is 2.55 bits per heavy atom. The molecule has 2 amide bonds. The maximum atomic E-state index is 13.3. The molecule has 6 heteroatoms. The average Bonchev–Trinajstić information content (AvgIpc) is 2.44. The fraction of sp³-hybridized carbons (Fsp3) is 0.429. The zero-order valence-corrected chi connectivity index (χ0v) is 11.5. The molecule has 0 aromatic heterocycles. The van der Waals surface area contributed by atoms with E-state index >= 15 is 0 Å². The lowest BCUT2D eigenvalue weighted by Gasteiger charge is -2.19. The minimum atomic E-state index is -0.638. The number of nitrogens with one attached hydrogen (secondary N) is 2. The molecule has 1 aromatic rings. The van der Waals surface area contributed by atoms with Crippen LogP contribution in [0.5, 0.6) is 0 Å². The lowest BCUT2D eigenvalue weighted by Crippen LogP contribution is -2.44. The summed E-state index contributed by atoms with van der Waals surface area (Å²) >= 11 is 0. The second-order valence-electron chi connectivity index (χ2n) is 4.68. The van der Waals surface area contributed by atoms with Crippen LogP contribution in [-0.2, 0) is 4.79 Å². The number of halogens is 1. The molecule has 2 atom stereocenters. The molecule has 3 N–H and O–H groups in total. The molecule has 0 saturated heterocycles. The summed E-state index contributed by atoms with van der Waals surface area (Å²) in [7, 11) is 0. The zero-order chi connectivity index (χ0) is 15.1. The highest BCUT2D eigenvalue weighted by molar-refractivity contribution is 5.96. The fourth-order valence-corrected chi connectivity index (χ4v) is 1.51. The van der Waals surface area contributed by atoms with Gasteiger partial charge in [-0.3, -0.25) is 9.59 Å². The largest absolute Gasteiger partial charge is 0.396 e. The highest BCUT2D eigenvalue weighted by Gasteiger charge is 2.15. The summed E-state index contributed by atoms with van der Waals surface area (Å²) < 4.78 is 13.3. The monoisotopic (exact) mass is 282 g/mol. The highest BCUT2D eigenvalue weighted by atomic mass is 19.1. The number of aliphatic hydroxyl groups excluding tert-OH is 1. The molecule has 1 aromatic carbocycles. The van der Waals surface area contributed by atoms with Crippen molar-refractivity contribution in [2.24, 2.45) is 5.92 Å². The van der Waals surface area contributed by atoms with Gasteiger partial charge >= 0.3 is 0 Å². The summed E-state index contributed by atoms with van der Waals surface area (Å²) in [6.07, 6.45) is 0. The zero-order valence-electron chi connectivity index (χ0n) is 11.5. The predicted molar refractivity (Wildman–Crippen MR) is 72.6 cm³/mol. The molecule has 0 radical (unpaired) electrons. The second-order valence-corrected chi connectivity index (χ2v) is 4.68. The SMILES string of the molecule is CC(CO)C(C)NC(=O)CNC(=O)c1ccccc1F. The Kier molecular flexibility index (Phi) is 6.11. The lowest BCUT2D eigenvalue weighted by atomic mass is 10.1. The van der Waals surface area contributed by atoms with E-state index in [1.807, 2.05) is 0 Å². The van der Waals surface area contributed by atoms with E-state index in [1.54, 1.807) is 19.9 Å². The Bertz CT molecular complexity index is 479. The summed E-state index contributed by atoms with van der Waals surface area (Å²) in [6, 6.07) is 5.34. The van der Waals surface area contributed by atoms with Crippen LogP contribution < -0.4 is 10.6 Å². The van der Waals surface area contributed by atoms with Gasteiger partial charge in [-0.2, -0.15) is 0 Å². The Labute approximate surface area is 117 Å². The third-order valence-corrected chi connectivity index (χ3v) is 3.06. The summed E-state index contributed by atoms with van der Waals surface area (Å²) in [4.78, 5) is 23.3. The minimum absolute atomic E-state index is 0.0387. The Morgan fingerprint density at radius 1 is 1.30 bits per heavy atom. The van der Waals surface area contributed by atoms with Crippen LogP contribution in [0.15, 0.2) is 24.3 Å². The smallest absolute Gasteiger partial charge is 0.254 e. The molecule has 0 aliphatic heterocycles. The van der Waals surface area contributed by atoms with Gasteiger partial charge in [-0.05, 0) is 25.0 Å². The lowest BCUT2D eigenvalue weighted by molar-refractivity contribution is -0.121. The van der Waals surface area contributed by atoms with Gasteiger partial charge in [0.1, 0.15) is 5.82 Å². The number of hydrogen-bond acceptors (Lipinski definition) is 3. The van der Waals surface area contributed by atoms with Crippen LogP contribution in [-0.4, -0.2) is 36.1 Å².